The highest BCUT2D eigenvalue weighted by Gasteiger charge is 2.37. The molecule has 1 rings (SSSR count). The standard InChI is InChI=1S/C20H35NO4Si/c1-19(2,3)25-18(22)21-16(14-23-17-12-10-9-11-13-17)15-24-26(7,8)20(4,5)6/h9-13,16H,14-15H2,1-8H3,(H,21,22). The second kappa shape index (κ2) is 8.91. The molecule has 0 radical (unpaired) electrons. The number of benzene rings is 1. The van der Waals surface area contributed by atoms with Gasteiger partial charge in [-0.2, -0.15) is 0 Å². The number of hydrogen-bond donors (Lipinski definition) is 1. The number of alkyl carbamates (subject to hydrolysis) is 1. The molecule has 0 heterocycles. The molecule has 6 heteroatoms. The summed E-state index contributed by atoms with van der Waals surface area (Å²) in [6.07, 6.45) is -0.460. The fourth-order valence-corrected chi connectivity index (χ4v) is 2.90. The second-order valence-corrected chi connectivity index (χ2v) is 13.8. The van der Waals surface area contributed by atoms with E-state index in [0.29, 0.717) is 13.2 Å². The largest absolute Gasteiger partial charge is 0.491 e. The van der Waals surface area contributed by atoms with Crippen LogP contribution in [-0.2, 0) is 9.16 Å². The van der Waals surface area contributed by atoms with Crippen molar-refractivity contribution in [2.24, 2.45) is 0 Å². The highest BCUT2D eigenvalue weighted by molar-refractivity contribution is 6.74. The van der Waals surface area contributed by atoms with Crippen LogP contribution in [0, 0.1) is 0 Å². The van der Waals surface area contributed by atoms with Crippen molar-refractivity contribution in [3.8, 4) is 5.75 Å². The van der Waals surface area contributed by atoms with Gasteiger partial charge in [0.2, 0.25) is 0 Å². The van der Waals surface area contributed by atoms with Crippen LogP contribution in [0.25, 0.3) is 0 Å². The van der Waals surface area contributed by atoms with E-state index in [9.17, 15) is 4.79 Å². The lowest BCUT2D eigenvalue weighted by atomic mass is 10.2. The molecule has 0 aliphatic rings. The van der Waals surface area contributed by atoms with Gasteiger partial charge in [0, 0.05) is 0 Å². The first-order valence-corrected chi connectivity index (χ1v) is 12.0. The molecule has 0 aliphatic heterocycles. The van der Waals surface area contributed by atoms with Gasteiger partial charge < -0.3 is 19.2 Å². The molecule has 1 aromatic carbocycles. The van der Waals surface area contributed by atoms with Gasteiger partial charge in [-0.25, -0.2) is 4.79 Å². The van der Waals surface area contributed by atoms with E-state index in [1.807, 2.05) is 51.1 Å². The monoisotopic (exact) mass is 381 g/mol. The van der Waals surface area contributed by atoms with E-state index in [-0.39, 0.29) is 11.1 Å². The summed E-state index contributed by atoms with van der Waals surface area (Å²) in [7, 11) is -1.92. The van der Waals surface area contributed by atoms with Crippen LogP contribution in [0.4, 0.5) is 4.79 Å². The highest BCUT2D eigenvalue weighted by atomic mass is 28.4. The number of carbonyl (C=O) groups is 1. The first kappa shape index (κ1) is 22.5. The highest BCUT2D eigenvalue weighted by Crippen LogP contribution is 2.36. The van der Waals surface area contributed by atoms with E-state index in [1.54, 1.807) is 0 Å². The predicted molar refractivity (Wildman–Crippen MR) is 108 cm³/mol. The predicted octanol–water partition coefficient (Wildman–Crippen LogP) is 4.98. The molecule has 5 nitrogen and oxygen atoms in total. The average molecular weight is 382 g/mol. The number of nitrogens with one attached hydrogen (secondary N) is 1. The van der Waals surface area contributed by atoms with Crippen LogP contribution in [0.2, 0.25) is 18.1 Å². The van der Waals surface area contributed by atoms with E-state index in [0.717, 1.165) is 5.75 Å². The Bertz CT molecular complexity index is 561. The lowest BCUT2D eigenvalue weighted by Crippen LogP contribution is -2.49. The summed E-state index contributed by atoms with van der Waals surface area (Å²) < 4.78 is 17.4. The van der Waals surface area contributed by atoms with Gasteiger partial charge in [0.25, 0.3) is 0 Å². The Morgan fingerprint density at radius 1 is 1.04 bits per heavy atom. The fraction of sp³-hybridized carbons (Fsp3) is 0.650. The van der Waals surface area contributed by atoms with Crippen molar-refractivity contribution in [1.29, 1.82) is 0 Å². The molecule has 0 aliphatic carbocycles. The van der Waals surface area contributed by atoms with Gasteiger partial charge in [-0.15, -0.1) is 0 Å². The summed E-state index contributed by atoms with van der Waals surface area (Å²) >= 11 is 0. The Kier molecular flexibility index (Phi) is 7.71. The van der Waals surface area contributed by atoms with Crippen molar-refractivity contribution < 1.29 is 18.7 Å². The number of para-hydroxylation sites is 1. The number of hydrogen-bond acceptors (Lipinski definition) is 4. The molecular formula is C20H35NO4Si. The number of rotatable bonds is 7. The maximum atomic E-state index is 12.2. The molecule has 0 spiro atoms. The van der Waals surface area contributed by atoms with E-state index in [2.05, 4.69) is 39.2 Å². The van der Waals surface area contributed by atoms with Crippen molar-refractivity contribution in [1.82, 2.24) is 5.32 Å². The molecule has 0 fully saturated rings. The quantitative estimate of drug-likeness (QED) is 0.677. The maximum Gasteiger partial charge on any atom is 0.408 e. The molecular weight excluding hydrogens is 346 g/mol. The molecule has 0 aromatic heterocycles. The third-order valence-electron chi connectivity index (χ3n) is 4.37. The third-order valence-corrected chi connectivity index (χ3v) is 8.87. The van der Waals surface area contributed by atoms with Crippen LogP contribution in [0.3, 0.4) is 0 Å². The van der Waals surface area contributed by atoms with Crippen molar-refractivity contribution in [3.63, 3.8) is 0 Å². The molecule has 0 bridgehead atoms. The van der Waals surface area contributed by atoms with Crippen molar-refractivity contribution in [2.75, 3.05) is 13.2 Å². The summed E-state index contributed by atoms with van der Waals surface area (Å²) in [6.45, 7) is 17.2. The molecule has 26 heavy (non-hydrogen) atoms. The average Bonchev–Trinajstić information content (AvgIpc) is 2.48. The second-order valence-electron chi connectivity index (χ2n) is 9.04. The van der Waals surface area contributed by atoms with Crippen LogP contribution >= 0.6 is 0 Å². The van der Waals surface area contributed by atoms with Crippen LogP contribution in [0.15, 0.2) is 30.3 Å². The van der Waals surface area contributed by atoms with Gasteiger partial charge in [0.15, 0.2) is 8.32 Å². The maximum absolute atomic E-state index is 12.2. The Morgan fingerprint density at radius 3 is 2.12 bits per heavy atom. The van der Waals surface area contributed by atoms with Crippen molar-refractivity contribution in [3.05, 3.63) is 30.3 Å². The molecule has 148 valence electrons. The van der Waals surface area contributed by atoms with Gasteiger partial charge in [-0.05, 0) is 51.0 Å². The zero-order chi connectivity index (χ0) is 20.0. The minimum atomic E-state index is -1.92. The molecule has 1 amide bonds. The number of ether oxygens (including phenoxy) is 2. The van der Waals surface area contributed by atoms with Crippen LogP contribution in [0.1, 0.15) is 41.5 Å². The molecule has 1 atom stereocenters. The summed E-state index contributed by atoms with van der Waals surface area (Å²) in [4.78, 5) is 12.2. The van der Waals surface area contributed by atoms with Crippen LogP contribution in [-0.4, -0.2) is 39.3 Å². The van der Waals surface area contributed by atoms with Gasteiger partial charge in [-0.1, -0.05) is 39.0 Å². The fourth-order valence-electron chi connectivity index (χ4n) is 1.84. The van der Waals surface area contributed by atoms with E-state index >= 15 is 0 Å². The Balaban J connectivity index is 2.72. The van der Waals surface area contributed by atoms with Crippen LogP contribution < -0.4 is 10.1 Å². The van der Waals surface area contributed by atoms with Crippen LogP contribution in [0.5, 0.6) is 5.75 Å². The first-order chi connectivity index (χ1) is 11.8. The molecule has 0 saturated heterocycles. The van der Waals surface area contributed by atoms with Gasteiger partial charge in [-0.3, -0.25) is 0 Å². The Labute approximate surface area is 159 Å². The topological polar surface area (TPSA) is 56.8 Å². The first-order valence-electron chi connectivity index (χ1n) is 9.11. The van der Waals surface area contributed by atoms with Crippen molar-refractivity contribution in [2.45, 2.75) is 71.3 Å². The Hall–Kier alpha value is -1.53. The smallest absolute Gasteiger partial charge is 0.408 e. The van der Waals surface area contributed by atoms with Crippen molar-refractivity contribution >= 4 is 14.4 Å². The summed E-state index contributed by atoms with van der Waals surface area (Å²) in [5.41, 5.74) is -0.546. The molecule has 0 saturated carbocycles. The SMILES string of the molecule is CC(C)(C)OC(=O)NC(COc1ccccc1)CO[Si](C)(C)C(C)(C)C. The summed E-state index contributed by atoms with van der Waals surface area (Å²) in [6, 6.07) is 9.25. The van der Waals surface area contributed by atoms with E-state index < -0.39 is 20.0 Å². The lowest BCUT2D eigenvalue weighted by molar-refractivity contribution is 0.0461. The molecule has 1 aromatic rings. The van der Waals surface area contributed by atoms with Gasteiger partial charge in [0.05, 0.1) is 12.6 Å². The minimum absolute atomic E-state index is 0.101. The number of amides is 1. The molecule has 1 N–H and O–H groups in total. The van der Waals surface area contributed by atoms with Gasteiger partial charge in [0.1, 0.15) is 18.0 Å². The molecule has 1 unspecified atom stereocenters. The Morgan fingerprint density at radius 2 is 1.62 bits per heavy atom. The zero-order valence-electron chi connectivity index (χ0n) is 17.5. The zero-order valence-corrected chi connectivity index (χ0v) is 18.5. The minimum Gasteiger partial charge on any atom is -0.491 e. The normalized spacial score (nSPS) is 13.8. The van der Waals surface area contributed by atoms with E-state index in [4.69, 9.17) is 13.9 Å². The number of carbonyl (C=O) groups excluding carboxylic acids is 1. The summed E-state index contributed by atoms with van der Waals surface area (Å²) in [5, 5.41) is 2.98. The summed E-state index contributed by atoms with van der Waals surface area (Å²) in [5.74, 6) is 0.760. The van der Waals surface area contributed by atoms with E-state index in [1.165, 1.54) is 0 Å². The lowest BCUT2D eigenvalue weighted by Gasteiger charge is -2.37. The van der Waals surface area contributed by atoms with Gasteiger partial charge >= 0.3 is 6.09 Å². The third kappa shape index (κ3) is 8.23.